The van der Waals surface area contributed by atoms with Gasteiger partial charge in [0.25, 0.3) is 11.8 Å². The number of aromatic hydroxyl groups is 2. The van der Waals surface area contributed by atoms with Crippen molar-refractivity contribution in [2.75, 3.05) is 13.1 Å². The van der Waals surface area contributed by atoms with Crippen LogP contribution in [-0.2, 0) is 0 Å². The SMILES string of the molecule is CC(C)c1ccc(C(=O)NCCCNC(=O)c2cccc(O)c2)c(O)c1. The molecular formula is C20H24N2O4. The van der Waals surface area contributed by atoms with Gasteiger partial charge >= 0.3 is 0 Å². The van der Waals surface area contributed by atoms with Gasteiger partial charge in [0.2, 0.25) is 0 Å². The van der Waals surface area contributed by atoms with Crippen molar-refractivity contribution < 1.29 is 19.8 Å². The summed E-state index contributed by atoms with van der Waals surface area (Å²) in [5.41, 5.74) is 1.58. The minimum Gasteiger partial charge on any atom is -0.508 e. The zero-order valence-electron chi connectivity index (χ0n) is 15.0. The number of nitrogens with one attached hydrogen (secondary N) is 2. The molecule has 2 rings (SSSR count). The van der Waals surface area contributed by atoms with Gasteiger partial charge in [-0.05, 0) is 48.2 Å². The second kappa shape index (κ2) is 8.89. The highest BCUT2D eigenvalue weighted by Gasteiger charge is 2.12. The van der Waals surface area contributed by atoms with E-state index >= 15 is 0 Å². The fourth-order valence-corrected chi connectivity index (χ4v) is 2.44. The summed E-state index contributed by atoms with van der Waals surface area (Å²) in [5, 5.41) is 24.8. The molecule has 26 heavy (non-hydrogen) atoms. The number of amides is 2. The Balaban J connectivity index is 1.76. The maximum absolute atomic E-state index is 12.1. The highest BCUT2D eigenvalue weighted by Crippen LogP contribution is 2.23. The van der Waals surface area contributed by atoms with Crippen LogP contribution in [0.15, 0.2) is 42.5 Å². The van der Waals surface area contributed by atoms with E-state index in [1.807, 2.05) is 19.9 Å². The average molecular weight is 356 g/mol. The van der Waals surface area contributed by atoms with Crippen molar-refractivity contribution in [3.63, 3.8) is 0 Å². The number of hydrogen-bond donors (Lipinski definition) is 4. The molecule has 0 atom stereocenters. The van der Waals surface area contributed by atoms with E-state index in [2.05, 4.69) is 10.6 Å². The molecule has 0 spiro atoms. The van der Waals surface area contributed by atoms with Gasteiger partial charge < -0.3 is 20.8 Å². The minimum atomic E-state index is -0.350. The van der Waals surface area contributed by atoms with Crippen molar-refractivity contribution >= 4 is 11.8 Å². The molecule has 0 aliphatic rings. The molecule has 0 aliphatic heterocycles. The zero-order chi connectivity index (χ0) is 19.1. The number of rotatable bonds is 7. The molecule has 0 unspecified atom stereocenters. The minimum absolute atomic E-state index is 0.0354. The first kappa shape index (κ1) is 19.3. The standard InChI is InChI=1S/C20H24N2O4/c1-13(2)14-7-8-17(18(24)12-14)20(26)22-10-4-9-21-19(25)15-5-3-6-16(23)11-15/h3,5-8,11-13,23-24H,4,9-10H2,1-2H3,(H,21,25)(H,22,26). The molecule has 0 radical (unpaired) electrons. The Hall–Kier alpha value is -3.02. The third kappa shape index (κ3) is 5.24. The van der Waals surface area contributed by atoms with Crippen LogP contribution in [0.4, 0.5) is 0 Å². The number of benzene rings is 2. The van der Waals surface area contributed by atoms with Gasteiger partial charge in [0.1, 0.15) is 11.5 Å². The fourth-order valence-electron chi connectivity index (χ4n) is 2.44. The number of phenols is 2. The molecule has 6 nitrogen and oxygen atoms in total. The van der Waals surface area contributed by atoms with Gasteiger partial charge in [-0.2, -0.15) is 0 Å². The summed E-state index contributed by atoms with van der Waals surface area (Å²) in [4.78, 5) is 24.0. The first-order valence-corrected chi connectivity index (χ1v) is 8.57. The van der Waals surface area contributed by atoms with Crippen LogP contribution in [0.5, 0.6) is 11.5 Å². The molecular weight excluding hydrogens is 332 g/mol. The lowest BCUT2D eigenvalue weighted by molar-refractivity contribution is 0.0950. The molecule has 0 bridgehead atoms. The number of hydrogen-bond acceptors (Lipinski definition) is 4. The van der Waals surface area contributed by atoms with Gasteiger partial charge in [0.05, 0.1) is 5.56 Å². The predicted octanol–water partition coefficient (Wildman–Crippen LogP) is 2.77. The van der Waals surface area contributed by atoms with Crippen LogP contribution >= 0.6 is 0 Å². The second-order valence-electron chi connectivity index (χ2n) is 6.35. The van der Waals surface area contributed by atoms with Crippen molar-refractivity contribution in [3.8, 4) is 11.5 Å². The fraction of sp³-hybridized carbons (Fsp3) is 0.300. The molecule has 138 valence electrons. The topological polar surface area (TPSA) is 98.7 Å². The van der Waals surface area contributed by atoms with E-state index in [1.54, 1.807) is 24.3 Å². The molecule has 0 heterocycles. The Morgan fingerprint density at radius 2 is 1.65 bits per heavy atom. The Morgan fingerprint density at radius 3 is 2.27 bits per heavy atom. The van der Waals surface area contributed by atoms with Crippen LogP contribution < -0.4 is 10.6 Å². The molecule has 2 amide bonds. The molecule has 2 aromatic carbocycles. The van der Waals surface area contributed by atoms with Gasteiger partial charge in [-0.3, -0.25) is 9.59 Å². The Morgan fingerprint density at radius 1 is 0.962 bits per heavy atom. The van der Waals surface area contributed by atoms with Crippen molar-refractivity contribution in [2.45, 2.75) is 26.2 Å². The number of carbonyl (C=O) groups excluding carboxylic acids is 2. The van der Waals surface area contributed by atoms with E-state index in [0.717, 1.165) is 5.56 Å². The molecule has 2 aromatic rings. The number of phenolic OH excluding ortho intramolecular Hbond substituents is 2. The summed E-state index contributed by atoms with van der Waals surface area (Å²) in [5.74, 6) is -0.362. The van der Waals surface area contributed by atoms with E-state index in [1.165, 1.54) is 12.1 Å². The Bertz CT molecular complexity index is 787. The van der Waals surface area contributed by atoms with E-state index in [-0.39, 0.29) is 34.8 Å². The predicted molar refractivity (Wildman–Crippen MR) is 99.6 cm³/mol. The largest absolute Gasteiger partial charge is 0.508 e. The third-order valence-corrected chi connectivity index (χ3v) is 3.97. The lowest BCUT2D eigenvalue weighted by Crippen LogP contribution is -2.29. The van der Waals surface area contributed by atoms with E-state index in [4.69, 9.17) is 0 Å². The van der Waals surface area contributed by atoms with Gasteiger partial charge in [0, 0.05) is 18.7 Å². The van der Waals surface area contributed by atoms with Crippen LogP contribution in [0.3, 0.4) is 0 Å². The molecule has 6 heteroatoms. The number of carbonyl (C=O) groups is 2. The van der Waals surface area contributed by atoms with Crippen molar-refractivity contribution in [1.29, 1.82) is 0 Å². The van der Waals surface area contributed by atoms with Crippen LogP contribution in [-0.4, -0.2) is 35.1 Å². The monoisotopic (exact) mass is 356 g/mol. The normalized spacial score (nSPS) is 10.6. The van der Waals surface area contributed by atoms with E-state index < -0.39 is 0 Å². The molecule has 4 N–H and O–H groups in total. The van der Waals surface area contributed by atoms with Gasteiger partial charge in [-0.15, -0.1) is 0 Å². The molecule has 0 aromatic heterocycles. The first-order chi connectivity index (χ1) is 12.4. The molecule has 0 aliphatic carbocycles. The molecule has 0 saturated carbocycles. The van der Waals surface area contributed by atoms with Crippen LogP contribution in [0.2, 0.25) is 0 Å². The maximum Gasteiger partial charge on any atom is 0.255 e. The second-order valence-corrected chi connectivity index (χ2v) is 6.35. The summed E-state index contributed by atoms with van der Waals surface area (Å²) in [7, 11) is 0. The van der Waals surface area contributed by atoms with E-state index in [0.29, 0.717) is 25.1 Å². The first-order valence-electron chi connectivity index (χ1n) is 8.57. The van der Waals surface area contributed by atoms with Crippen molar-refractivity contribution in [1.82, 2.24) is 10.6 Å². The smallest absolute Gasteiger partial charge is 0.255 e. The Labute approximate surface area is 152 Å². The van der Waals surface area contributed by atoms with Gasteiger partial charge in [0.15, 0.2) is 0 Å². The summed E-state index contributed by atoms with van der Waals surface area (Å²) < 4.78 is 0. The zero-order valence-corrected chi connectivity index (χ0v) is 15.0. The average Bonchev–Trinajstić information content (AvgIpc) is 2.60. The maximum atomic E-state index is 12.1. The van der Waals surface area contributed by atoms with E-state index in [9.17, 15) is 19.8 Å². The van der Waals surface area contributed by atoms with Gasteiger partial charge in [-0.25, -0.2) is 0 Å². The lowest BCUT2D eigenvalue weighted by Gasteiger charge is -2.10. The summed E-state index contributed by atoms with van der Waals surface area (Å²) in [6, 6.07) is 11.1. The van der Waals surface area contributed by atoms with Gasteiger partial charge in [-0.1, -0.05) is 26.0 Å². The lowest BCUT2D eigenvalue weighted by atomic mass is 10.0. The summed E-state index contributed by atoms with van der Waals surface area (Å²) in [6.07, 6.45) is 0.543. The van der Waals surface area contributed by atoms with Crippen molar-refractivity contribution in [2.24, 2.45) is 0 Å². The summed E-state index contributed by atoms with van der Waals surface area (Å²) >= 11 is 0. The Kier molecular flexibility index (Phi) is 6.60. The third-order valence-electron chi connectivity index (χ3n) is 3.97. The quantitative estimate of drug-likeness (QED) is 0.573. The molecule has 0 saturated heterocycles. The van der Waals surface area contributed by atoms with Crippen molar-refractivity contribution in [3.05, 3.63) is 59.2 Å². The highest BCUT2D eigenvalue weighted by molar-refractivity contribution is 5.97. The van der Waals surface area contributed by atoms with Crippen LogP contribution in [0.25, 0.3) is 0 Å². The highest BCUT2D eigenvalue weighted by atomic mass is 16.3. The summed E-state index contributed by atoms with van der Waals surface area (Å²) in [6.45, 7) is 4.77. The molecule has 0 fully saturated rings. The van der Waals surface area contributed by atoms with Crippen LogP contribution in [0, 0.1) is 0 Å². The van der Waals surface area contributed by atoms with Crippen LogP contribution in [0.1, 0.15) is 52.5 Å².